The minimum absolute atomic E-state index is 0.383. The van der Waals surface area contributed by atoms with Gasteiger partial charge in [-0.3, -0.25) is 0 Å². The number of ether oxygens (including phenoxy) is 3. The van der Waals surface area contributed by atoms with Gasteiger partial charge in [0, 0.05) is 0 Å². The summed E-state index contributed by atoms with van der Waals surface area (Å²) >= 11 is 0. The lowest BCUT2D eigenvalue weighted by Crippen LogP contribution is -2.28. The van der Waals surface area contributed by atoms with E-state index in [2.05, 4.69) is 18.6 Å². The summed E-state index contributed by atoms with van der Waals surface area (Å²) in [5.41, 5.74) is 0. The van der Waals surface area contributed by atoms with E-state index in [-0.39, 0.29) is 12.3 Å². The van der Waals surface area contributed by atoms with Gasteiger partial charge in [-0.25, -0.2) is 4.79 Å². The molecule has 1 unspecified atom stereocenters. The van der Waals surface area contributed by atoms with E-state index in [4.69, 9.17) is 9.47 Å². The van der Waals surface area contributed by atoms with Gasteiger partial charge in [0.25, 0.3) is 0 Å². The minimum atomic E-state index is -0.581. The molecule has 0 saturated carbocycles. The normalized spacial score (nSPS) is 15.3. The highest BCUT2D eigenvalue weighted by Crippen LogP contribution is 2.03. The van der Waals surface area contributed by atoms with Crippen LogP contribution in [0.5, 0.6) is 0 Å². The summed E-state index contributed by atoms with van der Waals surface area (Å²) in [4.78, 5) is 11.0. The molecule has 0 fully saturated rings. The van der Waals surface area contributed by atoms with Crippen molar-refractivity contribution in [3.8, 4) is 0 Å². The standard InChI is InChI=1S/C10H20O4/c1-7(2)6-13-9(4)14-8(3)10(11)12-5/h7-9H,6H2,1-5H3/t8-,9?/m1/s1. The van der Waals surface area contributed by atoms with Crippen LogP contribution in [0.4, 0.5) is 0 Å². The van der Waals surface area contributed by atoms with Crippen molar-refractivity contribution in [2.24, 2.45) is 5.92 Å². The average molecular weight is 204 g/mol. The fourth-order valence-electron chi connectivity index (χ4n) is 0.876. The summed E-state index contributed by atoms with van der Waals surface area (Å²) in [7, 11) is 1.34. The third-order valence-electron chi connectivity index (χ3n) is 1.59. The third kappa shape index (κ3) is 5.94. The van der Waals surface area contributed by atoms with E-state index in [1.54, 1.807) is 13.8 Å². The molecule has 4 heteroatoms. The minimum Gasteiger partial charge on any atom is -0.467 e. The van der Waals surface area contributed by atoms with Crippen molar-refractivity contribution in [2.45, 2.75) is 40.1 Å². The number of esters is 1. The van der Waals surface area contributed by atoms with E-state index in [1.165, 1.54) is 7.11 Å². The van der Waals surface area contributed by atoms with Gasteiger partial charge >= 0.3 is 5.97 Å². The number of carbonyl (C=O) groups excluding carboxylic acids is 1. The molecule has 0 aliphatic rings. The Morgan fingerprint density at radius 3 is 2.21 bits per heavy atom. The molecule has 4 nitrogen and oxygen atoms in total. The van der Waals surface area contributed by atoms with Crippen LogP contribution in [0.2, 0.25) is 0 Å². The number of hydrogen-bond donors (Lipinski definition) is 0. The van der Waals surface area contributed by atoms with Gasteiger partial charge in [-0.1, -0.05) is 13.8 Å². The first-order valence-electron chi connectivity index (χ1n) is 4.82. The van der Waals surface area contributed by atoms with E-state index in [0.29, 0.717) is 12.5 Å². The summed E-state index contributed by atoms with van der Waals surface area (Å²) in [5.74, 6) is 0.0690. The van der Waals surface area contributed by atoms with Crippen LogP contribution >= 0.6 is 0 Å². The Balaban J connectivity index is 3.70. The Hall–Kier alpha value is -0.610. The average Bonchev–Trinajstić information content (AvgIpc) is 2.13. The highest BCUT2D eigenvalue weighted by Gasteiger charge is 2.17. The maximum atomic E-state index is 11.0. The van der Waals surface area contributed by atoms with Crippen LogP contribution in [0, 0.1) is 5.92 Å². The maximum absolute atomic E-state index is 11.0. The number of carbonyl (C=O) groups is 1. The lowest BCUT2D eigenvalue weighted by Gasteiger charge is -2.18. The highest BCUT2D eigenvalue weighted by molar-refractivity contribution is 5.73. The molecule has 0 N–H and O–H groups in total. The van der Waals surface area contributed by atoms with Crippen LogP contribution < -0.4 is 0 Å². The highest BCUT2D eigenvalue weighted by atomic mass is 16.7. The fourth-order valence-corrected chi connectivity index (χ4v) is 0.876. The molecule has 2 atom stereocenters. The molecule has 84 valence electrons. The molecule has 0 rings (SSSR count). The second kappa shape index (κ2) is 6.79. The molecule has 0 heterocycles. The first kappa shape index (κ1) is 13.4. The van der Waals surface area contributed by atoms with Crippen LogP contribution in [-0.2, 0) is 19.0 Å². The Labute approximate surface area is 85.5 Å². The van der Waals surface area contributed by atoms with Crippen molar-refractivity contribution < 1.29 is 19.0 Å². The van der Waals surface area contributed by atoms with Crippen LogP contribution in [0.3, 0.4) is 0 Å². The summed E-state index contributed by atoms with van der Waals surface area (Å²) in [5, 5.41) is 0. The van der Waals surface area contributed by atoms with Gasteiger partial charge in [-0.15, -0.1) is 0 Å². The van der Waals surface area contributed by atoms with Gasteiger partial charge in [0.15, 0.2) is 12.4 Å². The van der Waals surface area contributed by atoms with E-state index in [0.717, 1.165) is 0 Å². The van der Waals surface area contributed by atoms with E-state index < -0.39 is 6.10 Å². The van der Waals surface area contributed by atoms with Crippen LogP contribution in [0.1, 0.15) is 27.7 Å². The summed E-state index contributed by atoms with van der Waals surface area (Å²) in [6, 6.07) is 0. The molecule has 0 saturated heterocycles. The molecule has 0 aromatic heterocycles. The second-order valence-corrected chi connectivity index (χ2v) is 3.60. The zero-order chi connectivity index (χ0) is 11.1. The number of hydrogen-bond acceptors (Lipinski definition) is 4. The smallest absolute Gasteiger partial charge is 0.334 e. The molecule has 0 aliphatic heterocycles. The Kier molecular flexibility index (Phi) is 6.49. The van der Waals surface area contributed by atoms with Gasteiger partial charge in [0.05, 0.1) is 13.7 Å². The summed E-state index contributed by atoms with van der Waals surface area (Å²) in [6.07, 6.45) is -0.964. The molecule has 0 aromatic carbocycles. The maximum Gasteiger partial charge on any atom is 0.334 e. The molecular formula is C10H20O4. The van der Waals surface area contributed by atoms with Crippen molar-refractivity contribution in [3.63, 3.8) is 0 Å². The van der Waals surface area contributed by atoms with Gasteiger partial charge in [0.2, 0.25) is 0 Å². The predicted octanol–water partition coefficient (Wildman–Crippen LogP) is 1.58. The molecular weight excluding hydrogens is 184 g/mol. The van der Waals surface area contributed by atoms with E-state index >= 15 is 0 Å². The van der Waals surface area contributed by atoms with Crippen LogP contribution in [-0.4, -0.2) is 32.1 Å². The van der Waals surface area contributed by atoms with Gasteiger partial charge < -0.3 is 14.2 Å². The lowest BCUT2D eigenvalue weighted by molar-refractivity contribution is -0.185. The van der Waals surface area contributed by atoms with E-state index in [1.807, 2.05) is 0 Å². The van der Waals surface area contributed by atoms with Crippen molar-refractivity contribution in [3.05, 3.63) is 0 Å². The lowest BCUT2D eigenvalue weighted by atomic mass is 10.2. The van der Waals surface area contributed by atoms with Gasteiger partial charge in [0.1, 0.15) is 0 Å². The fraction of sp³-hybridized carbons (Fsp3) is 0.900. The van der Waals surface area contributed by atoms with Crippen LogP contribution in [0.25, 0.3) is 0 Å². The van der Waals surface area contributed by atoms with Crippen LogP contribution in [0.15, 0.2) is 0 Å². The summed E-state index contributed by atoms with van der Waals surface area (Å²) in [6.45, 7) is 8.13. The van der Waals surface area contributed by atoms with Gasteiger partial charge in [-0.2, -0.15) is 0 Å². The Morgan fingerprint density at radius 1 is 1.21 bits per heavy atom. The van der Waals surface area contributed by atoms with Crippen molar-refractivity contribution >= 4 is 5.97 Å². The second-order valence-electron chi connectivity index (χ2n) is 3.60. The largest absolute Gasteiger partial charge is 0.467 e. The third-order valence-corrected chi connectivity index (χ3v) is 1.59. The zero-order valence-electron chi connectivity index (χ0n) is 9.57. The molecule has 0 bridgehead atoms. The Morgan fingerprint density at radius 2 is 1.79 bits per heavy atom. The van der Waals surface area contributed by atoms with Gasteiger partial charge in [-0.05, 0) is 19.8 Å². The number of methoxy groups -OCH3 is 1. The molecule has 0 aromatic rings. The van der Waals surface area contributed by atoms with E-state index in [9.17, 15) is 4.79 Å². The van der Waals surface area contributed by atoms with Crippen molar-refractivity contribution in [1.82, 2.24) is 0 Å². The molecule has 14 heavy (non-hydrogen) atoms. The Bertz CT molecular complexity index is 168. The van der Waals surface area contributed by atoms with Crippen molar-refractivity contribution in [2.75, 3.05) is 13.7 Å². The topological polar surface area (TPSA) is 44.8 Å². The molecule has 0 amide bonds. The molecule has 0 spiro atoms. The monoisotopic (exact) mass is 204 g/mol. The molecule has 0 aliphatic carbocycles. The summed E-state index contributed by atoms with van der Waals surface area (Å²) < 4.78 is 15.1. The zero-order valence-corrected chi connectivity index (χ0v) is 9.57. The first-order valence-corrected chi connectivity index (χ1v) is 4.82. The predicted molar refractivity (Wildman–Crippen MR) is 52.8 cm³/mol. The van der Waals surface area contributed by atoms with Crippen molar-refractivity contribution in [1.29, 1.82) is 0 Å². The molecule has 0 radical (unpaired) electrons. The SMILES string of the molecule is COC(=O)[C@@H](C)OC(C)OCC(C)C. The number of rotatable bonds is 6. The first-order chi connectivity index (χ1) is 6.47. The quantitative estimate of drug-likeness (QED) is 0.487.